The Bertz CT molecular complexity index is 1040. The van der Waals surface area contributed by atoms with Crippen LogP contribution in [0.4, 0.5) is 4.79 Å². The molecule has 0 aliphatic carbocycles. The van der Waals surface area contributed by atoms with Crippen LogP contribution in [0, 0.1) is 0 Å². The van der Waals surface area contributed by atoms with Crippen molar-refractivity contribution in [3.05, 3.63) is 73.5 Å². The highest BCUT2D eigenvalue weighted by atomic mass is 79.9. The second kappa shape index (κ2) is 9.92. The number of amides is 2. The number of ether oxygens (including phenoxy) is 2. The molecule has 2 aromatic carbocycles. The molecule has 0 aromatic heterocycles. The summed E-state index contributed by atoms with van der Waals surface area (Å²) in [6.45, 7) is 3.95. The predicted molar refractivity (Wildman–Crippen MR) is 124 cm³/mol. The third kappa shape index (κ3) is 4.86. The zero-order valence-corrected chi connectivity index (χ0v) is 19.7. The molecule has 1 aliphatic heterocycles. The molecular weight excluding hydrogens is 513 g/mol. The summed E-state index contributed by atoms with van der Waals surface area (Å²) in [5.74, 6) is 0.596. The van der Waals surface area contributed by atoms with E-state index in [0.29, 0.717) is 43.8 Å². The number of carbonyl (C=O) groups excluding carboxylic acids is 2. The van der Waals surface area contributed by atoms with E-state index >= 15 is 0 Å². The van der Waals surface area contributed by atoms with Crippen LogP contribution < -0.4 is 9.47 Å². The van der Waals surface area contributed by atoms with Crippen LogP contribution in [0.25, 0.3) is 6.08 Å². The fraction of sp³-hybridized carbons (Fsp3) is 0.143. The molecule has 0 radical (unpaired) electrons. The number of halogens is 3. The molecule has 156 valence electrons. The minimum Gasteiger partial charge on any atom is -0.493 e. The van der Waals surface area contributed by atoms with Crippen molar-refractivity contribution in [3.63, 3.8) is 0 Å². The number of nitrogens with zero attached hydrogens (tertiary/aromatic N) is 1. The van der Waals surface area contributed by atoms with Gasteiger partial charge in [-0.15, -0.1) is 0 Å². The maximum Gasteiger partial charge on any atom is 0.293 e. The normalized spacial score (nSPS) is 15.1. The molecule has 1 saturated heterocycles. The number of methoxy groups -OCH3 is 1. The Kier molecular flexibility index (Phi) is 7.52. The minimum absolute atomic E-state index is 0.00185. The van der Waals surface area contributed by atoms with E-state index < -0.39 is 5.91 Å². The van der Waals surface area contributed by atoms with Gasteiger partial charge in [0.1, 0.15) is 6.61 Å². The van der Waals surface area contributed by atoms with Crippen LogP contribution in [-0.2, 0) is 11.3 Å². The number of hydrogen-bond acceptors (Lipinski definition) is 5. The first-order valence-corrected chi connectivity index (χ1v) is 11.0. The molecule has 1 fully saturated rings. The van der Waals surface area contributed by atoms with Gasteiger partial charge in [0.05, 0.1) is 23.0 Å². The van der Waals surface area contributed by atoms with Crippen molar-refractivity contribution >= 4 is 68.1 Å². The van der Waals surface area contributed by atoms with Crippen molar-refractivity contribution in [1.82, 2.24) is 4.90 Å². The standard InChI is InChI=1S/C21H16BrCl2NO4S/c1-3-7-29-19-14(22)8-12(9-17(19)28-2)10-18-20(26)25(21(27)30-18)11-13-15(23)5-4-6-16(13)24/h3-6,8-10H,1,7,11H2,2H3/b18-10-. The van der Waals surface area contributed by atoms with Crippen LogP contribution in [0.1, 0.15) is 11.1 Å². The lowest BCUT2D eigenvalue weighted by Crippen LogP contribution is -2.27. The third-order valence-electron chi connectivity index (χ3n) is 4.15. The molecule has 2 aromatic rings. The lowest BCUT2D eigenvalue weighted by molar-refractivity contribution is -0.123. The molecule has 0 bridgehead atoms. The zero-order chi connectivity index (χ0) is 21.8. The fourth-order valence-electron chi connectivity index (χ4n) is 2.73. The average molecular weight is 529 g/mol. The van der Waals surface area contributed by atoms with Gasteiger partial charge in [-0.25, -0.2) is 0 Å². The van der Waals surface area contributed by atoms with Gasteiger partial charge < -0.3 is 9.47 Å². The van der Waals surface area contributed by atoms with Crippen LogP contribution >= 0.6 is 50.9 Å². The Morgan fingerprint density at radius 1 is 1.23 bits per heavy atom. The quantitative estimate of drug-likeness (QED) is 0.300. The van der Waals surface area contributed by atoms with E-state index in [4.69, 9.17) is 32.7 Å². The summed E-state index contributed by atoms with van der Waals surface area (Å²) in [5, 5.41) is 0.405. The lowest BCUT2D eigenvalue weighted by atomic mass is 10.1. The molecule has 9 heteroatoms. The predicted octanol–water partition coefficient (Wildman–Crippen LogP) is 6.57. The van der Waals surface area contributed by atoms with Crippen LogP contribution in [0.2, 0.25) is 10.0 Å². The van der Waals surface area contributed by atoms with Crippen molar-refractivity contribution in [3.8, 4) is 11.5 Å². The highest BCUT2D eigenvalue weighted by Gasteiger charge is 2.35. The summed E-state index contributed by atoms with van der Waals surface area (Å²) in [4.78, 5) is 26.7. The maximum absolute atomic E-state index is 12.8. The summed E-state index contributed by atoms with van der Waals surface area (Å²) < 4.78 is 11.6. The maximum atomic E-state index is 12.8. The molecular formula is C21H16BrCl2NO4S. The molecule has 0 saturated carbocycles. The second-order valence-electron chi connectivity index (χ2n) is 6.10. The number of thioether (sulfide) groups is 1. The molecule has 0 unspecified atom stereocenters. The largest absolute Gasteiger partial charge is 0.493 e. The molecule has 5 nitrogen and oxygen atoms in total. The summed E-state index contributed by atoms with van der Waals surface area (Å²) in [5.41, 5.74) is 1.20. The Morgan fingerprint density at radius 3 is 2.57 bits per heavy atom. The van der Waals surface area contributed by atoms with E-state index in [-0.39, 0.29) is 16.7 Å². The van der Waals surface area contributed by atoms with E-state index in [0.717, 1.165) is 16.7 Å². The van der Waals surface area contributed by atoms with Gasteiger partial charge in [-0.2, -0.15) is 0 Å². The molecule has 0 N–H and O–H groups in total. The number of benzene rings is 2. The highest BCUT2D eigenvalue weighted by molar-refractivity contribution is 9.10. The first kappa shape index (κ1) is 22.7. The highest BCUT2D eigenvalue weighted by Crippen LogP contribution is 2.40. The van der Waals surface area contributed by atoms with Crippen LogP contribution in [0.15, 0.2) is 52.4 Å². The third-order valence-corrected chi connectivity index (χ3v) is 6.35. The average Bonchev–Trinajstić information content (AvgIpc) is 2.96. The summed E-state index contributed by atoms with van der Waals surface area (Å²) in [6.07, 6.45) is 3.25. The number of carbonyl (C=O) groups is 2. The smallest absolute Gasteiger partial charge is 0.293 e. The van der Waals surface area contributed by atoms with Crippen molar-refractivity contribution in [1.29, 1.82) is 0 Å². The van der Waals surface area contributed by atoms with Crippen molar-refractivity contribution in [2.24, 2.45) is 0 Å². The molecule has 0 spiro atoms. The van der Waals surface area contributed by atoms with Crippen LogP contribution in [0.5, 0.6) is 11.5 Å². The number of rotatable bonds is 7. The first-order chi connectivity index (χ1) is 14.3. The van der Waals surface area contributed by atoms with Crippen molar-refractivity contribution in [2.75, 3.05) is 13.7 Å². The fourth-order valence-corrected chi connectivity index (χ4v) is 4.66. The topological polar surface area (TPSA) is 55.8 Å². The summed E-state index contributed by atoms with van der Waals surface area (Å²) >= 11 is 16.7. The lowest BCUT2D eigenvalue weighted by Gasteiger charge is -2.15. The molecule has 30 heavy (non-hydrogen) atoms. The van der Waals surface area contributed by atoms with Crippen molar-refractivity contribution in [2.45, 2.75) is 6.54 Å². The minimum atomic E-state index is -0.414. The van der Waals surface area contributed by atoms with E-state index in [2.05, 4.69) is 22.5 Å². The SMILES string of the molecule is C=CCOc1c(Br)cc(/C=C2\SC(=O)N(Cc3c(Cl)cccc3Cl)C2=O)cc1OC. The monoisotopic (exact) mass is 527 g/mol. The molecule has 2 amide bonds. The van der Waals surface area contributed by atoms with Gasteiger partial charge in [0, 0.05) is 15.6 Å². The van der Waals surface area contributed by atoms with Gasteiger partial charge in [-0.3, -0.25) is 14.5 Å². The Hall–Kier alpha value is -1.93. The van der Waals surface area contributed by atoms with Gasteiger partial charge in [0.15, 0.2) is 11.5 Å². The van der Waals surface area contributed by atoms with Gasteiger partial charge >= 0.3 is 0 Å². The molecule has 1 aliphatic rings. The zero-order valence-electron chi connectivity index (χ0n) is 15.8. The van der Waals surface area contributed by atoms with E-state index in [1.54, 1.807) is 42.5 Å². The first-order valence-electron chi connectivity index (χ1n) is 8.65. The number of imide groups is 1. The molecule has 3 rings (SSSR count). The summed E-state index contributed by atoms with van der Waals surface area (Å²) in [7, 11) is 1.52. The number of hydrogen-bond donors (Lipinski definition) is 0. The van der Waals surface area contributed by atoms with Gasteiger partial charge in [0.2, 0.25) is 0 Å². The van der Waals surface area contributed by atoms with E-state index in [1.165, 1.54) is 7.11 Å². The summed E-state index contributed by atoms with van der Waals surface area (Å²) in [6, 6.07) is 8.53. The van der Waals surface area contributed by atoms with Gasteiger partial charge in [-0.1, -0.05) is 41.9 Å². The van der Waals surface area contributed by atoms with E-state index in [1.807, 2.05) is 0 Å². The Morgan fingerprint density at radius 2 is 1.93 bits per heavy atom. The molecule has 0 atom stereocenters. The van der Waals surface area contributed by atoms with Crippen LogP contribution in [0.3, 0.4) is 0 Å². The second-order valence-corrected chi connectivity index (χ2v) is 8.76. The molecule has 1 heterocycles. The van der Waals surface area contributed by atoms with Crippen LogP contribution in [-0.4, -0.2) is 29.8 Å². The van der Waals surface area contributed by atoms with Gasteiger partial charge in [0.25, 0.3) is 11.1 Å². The van der Waals surface area contributed by atoms with E-state index in [9.17, 15) is 9.59 Å². The Balaban J connectivity index is 1.88. The van der Waals surface area contributed by atoms with Gasteiger partial charge in [-0.05, 0) is 63.6 Å². The van der Waals surface area contributed by atoms with Crippen molar-refractivity contribution < 1.29 is 19.1 Å². The Labute approximate surface area is 196 Å².